The van der Waals surface area contributed by atoms with E-state index in [0.717, 1.165) is 25.0 Å². The molecule has 1 aromatic carbocycles. The van der Waals surface area contributed by atoms with Gasteiger partial charge in [-0.05, 0) is 30.7 Å². The van der Waals surface area contributed by atoms with Crippen LogP contribution >= 0.6 is 11.6 Å². The molecule has 1 fully saturated rings. The van der Waals surface area contributed by atoms with E-state index in [2.05, 4.69) is 0 Å². The molecule has 0 bridgehead atoms. The summed E-state index contributed by atoms with van der Waals surface area (Å²) in [6, 6.07) is 3.80. The van der Waals surface area contributed by atoms with Gasteiger partial charge in [-0.3, -0.25) is 0 Å². The molecule has 0 spiro atoms. The molecule has 1 unspecified atom stereocenters. The van der Waals surface area contributed by atoms with E-state index in [4.69, 9.17) is 31.5 Å². The van der Waals surface area contributed by atoms with Gasteiger partial charge in [0.1, 0.15) is 6.10 Å². The van der Waals surface area contributed by atoms with Crippen molar-refractivity contribution < 1.29 is 14.2 Å². The zero-order valence-electron chi connectivity index (χ0n) is 10.4. The summed E-state index contributed by atoms with van der Waals surface area (Å²) < 4.78 is 16.5. The van der Waals surface area contributed by atoms with Crippen molar-refractivity contribution in [3.05, 3.63) is 22.7 Å². The average Bonchev–Trinajstić information content (AvgIpc) is 2.85. The molecule has 1 aliphatic heterocycles. The number of benzene rings is 1. The highest BCUT2D eigenvalue weighted by Crippen LogP contribution is 2.37. The number of ether oxygens (including phenoxy) is 3. The maximum absolute atomic E-state index is 6.24. The average molecular weight is 272 g/mol. The number of nitrogens with two attached hydrogens (primary N) is 1. The number of hydrogen-bond acceptors (Lipinski definition) is 4. The second kappa shape index (κ2) is 6.27. The van der Waals surface area contributed by atoms with Crippen LogP contribution in [-0.4, -0.2) is 33.0 Å². The van der Waals surface area contributed by atoms with E-state index < -0.39 is 0 Å². The third-order valence-corrected chi connectivity index (χ3v) is 3.18. The Morgan fingerprint density at radius 1 is 1.50 bits per heavy atom. The van der Waals surface area contributed by atoms with Crippen molar-refractivity contribution >= 4 is 11.6 Å². The Kier molecular flexibility index (Phi) is 4.69. The molecule has 1 heterocycles. The highest BCUT2D eigenvalue weighted by Gasteiger charge is 2.21. The fourth-order valence-electron chi connectivity index (χ4n) is 1.97. The lowest BCUT2D eigenvalue weighted by molar-refractivity contribution is 0.138. The summed E-state index contributed by atoms with van der Waals surface area (Å²) >= 11 is 6.24. The van der Waals surface area contributed by atoms with Gasteiger partial charge in [0.15, 0.2) is 11.5 Å². The normalized spacial score (nSPS) is 18.9. The van der Waals surface area contributed by atoms with Crippen molar-refractivity contribution in [3.8, 4) is 11.5 Å². The fourth-order valence-corrected chi connectivity index (χ4v) is 2.25. The van der Waals surface area contributed by atoms with Gasteiger partial charge in [-0.25, -0.2) is 0 Å². The van der Waals surface area contributed by atoms with E-state index in [9.17, 15) is 0 Å². The van der Waals surface area contributed by atoms with Crippen LogP contribution in [0.15, 0.2) is 12.1 Å². The number of methoxy groups -OCH3 is 1. The van der Waals surface area contributed by atoms with Crippen LogP contribution in [0.25, 0.3) is 0 Å². The van der Waals surface area contributed by atoms with Gasteiger partial charge in [0.05, 0.1) is 25.3 Å². The third-order valence-electron chi connectivity index (χ3n) is 2.89. The lowest BCUT2D eigenvalue weighted by Crippen LogP contribution is -2.16. The highest BCUT2D eigenvalue weighted by molar-refractivity contribution is 6.32. The minimum absolute atomic E-state index is 0.0526. The molecule has 0 radical (unpaired) electrons. The zero-order valence-corrected chi connectivity index (χ0v) is 11.2. The van der Waals surface area contributed by atoms with Crippen LogP contribution in [0.4, 0.5) is 0 Å². The van der Waals surface area contributed by atoms with Gasteiger partial charge in [0.2, 0.25) is 0 Å². The zero-order chi connectivity index (χ0) is 13.0. The third kappa shape index (κ3) is 3.07. The first-order chi connectivity index (χ1) is 8.74. The van der Waals surface area contributed by atoms with E-state index in [1.54, 1.807) is 7.11 Å². The lowest BCUT2D eigenvalue weighted by atomic mass is 10.1. The predicted molar refractivity (Wildman–Crippen MR) is 70.6 cm³/mol. The van der Waals surface area contributed by atoms with Gasteiger partial charge in [-0.1, -0.05) is 11.6 Å². The van der Waals surface area contributed by atoms with Crippen molar-refractivity contribution in [3.63, 3.8) is 0 Å². The first-order valence-corrected chi connectivity index (χ1v) is 6.43. The quantitative estimate of drug-likeness (QED) is 0.890. The van der Waals surface area contributed by atoms with Crippen LogP contribution in [0.3, 0.4) is 0 Å². The molecule has 0 aliphatic carbocycles. The van der Waals surface area contributed by atoms with Crippen LogP contribution in [-0.2, 0) is 11.2 Å². The predicted octanol–water partition coefficient (Wildman–Crippen LogP) is 2.02. The van der Waals surface area contributed by atoms with Crippen LogP contribution in [0.2, 0.25) is 5.02 Å². The Hall–Kier alpha value is -0.970. The molecule has 18 heavy (non-hydrogen) atoms. The van der Waals surface area contributed by atoms with Gasteiger partial charge < -0.3 is 19.9 Å². The number of rotatable bonds is 5. The van der Waals surface area contributed by atoms with Crippen LogP contribution in [0.5, 0.6) is 11.5 Å². The SMILES string of the molecule is COc1cc(CCN)cc(Cl)c1OC1CCOC1. The second-order valence-corrected chi connectivity index (χ2v) is 4.66. The minimum atomic E-state index is 0.0526. The monoisotopic (exact) mass is 271 g/mol. The fraction of sp³-hybridized carbons (Fsp3) is 0.538. The summed E-state index contributed by atoms with van der Waals surface area (Å²) in [7, 11) is 1.61. The summed E-state index contributed by atoms with van der Waals surface area (Å²) in [5.74, 6) is 1.24. The molecule has 100 valence electrons. The van der Waals surface area contributed by atoms with Gasteiger partial charge in [0.25, 0.3) is 0 Å². The van der Waals surface area contributed by atoms with Crippen molar-refractivity contribution in [2.24, 2.45) is 5.73 Å². The highest BCUT2D eigenvalue weighted by atomic mass is 35.5. The molecule has 0 amide bonds. The van der Waals surface area contributed by atoms with Crippen LogP contribution in [0, 0.1) is 0 Å². The van der Waals surface area contributed by atoms with Gasteiger partial charge in [0, 0.05) is 6.42 Å². The maximum atomic E-state index is 6.24. The van der Waals surface area contributed by atoms with Crippen molar-refractivity contribution in [1.29, 1.82) is 0 Å². The molecular formula is C13H18ClNO3. The van der Waals surface area contributed by atoms with Gasteiger partial charge in [-0.15, -0.1) is 0 Å². The molecule has 4 nitrogen and oxygen atoms in total. The molecule has 2 N–H and O–H groups in total. The smallest absolute Gasteiger partial charge is 0.180 e. The van der Waals surface area contributed by atoms with Crippen LogP contribution in [0.1, 0.15) is 12.0 Å². The first kappa shape index (κ1) is 13.5. The first-order valence-electron chi connectivity index (χ1n) is 6.05. The van der Waals surface area contributed by atoms with E-state index in [1.807, 2.05) is 12.1 Å². The van der Waals surface area contributed by atoms with Crippen molar-refractivity contribution in [1.82, 2.24) is 0 Å². The molecule has 1 aliphatic rings. The molecule has 1 saturated heterocycles. The van der Waals surface area contributed by atoms with Gasteiger partial charge >= 0.3 is 0 Å². The Bertz CT molecular complexity index is 405. The number of halogens is 1. The Morgan fingerprint density at radius 2 is 2.33 bits per heavy atom. The lowest BCUT2D eigenvalue weighted by Gasteiger charge is -2.17. The minimum Gasteiger partial charge on any atom is -0.493 e. The Labute approximate surface area is 112 Å². The van der Waals surface area contributed by atoms with Crippen LogP contribution < -0.4 is 15.2 Å². The van der Waals surface area contributed by atoms with E-state index in [-0.39, 0.29) is 6.10 Å². The Morgan fingerprint density at radius 3 is 2.94 bits per heavy atom. The van der Waals surface area contributed by atoms with E-state index in [1.165, 1.54) is 0 Å². The standard InChI is InChI=1S/C13H18ClNO3/c1-16-12-7-9(2-4-15)6-11(14)13(12)18-10-3-5-17-8-10/h6-7,10H,2-5,8,15H2,1H3. The second-order valence-electron chi connectivity index (χ2n) is 4.25. The molecule has 1 atom stereocenters. The largest absolute Gasteiger partial charge is 0.493 e. The van der Waals surface area contributed by atoms with Crippen molar-refractivity contribution in [2.45, 2.75) is 18.9 Å². The summed E-state index contributed by atoms with van der Waals surface area (Å²) in [5, 5.41) is 0.560. The molecule has 0 saturated carbocycles. The maximum Gasteiger partial charge on any atom is 0.180 e. The molecule has 2 rings (SSSR count). The summed E-state index contributed by atoms with van der Waals surface area (Å²) in [6.45, 7) is 1.91. The van der Waals surface area contributed by atoms with E-state index >= 15 is 0 Å². The number of hydrogen-bond donors (Lipinski definition) is 1. The molecule has 0 aromatic heterocycles. The summed E-state index contributed by atoms with van der Waals surface area (Å²) in [5.41, 5.74) is 6.59. The topological polar surface area (TPSA) is 53.7 Å². The molecule has 5 heteroatoms. The summed E-state index contributed by atoms with van der Waals surface area (Å²) in [6.07, 6.45) is 1.70. The van der Waals surface area contributed by atoms with E-state index in [0.29, 0.717) is 29.7 Å². The molecular weight excluding hydrogens is 254 g/mol. The Balaban J connectivity index is 2.21. The molecule has 1 aromatic rings. The van der Waals surface area contributed by atoms with Crippen molar-refractivity contribution in [2.75, 3.05) is 26.9 Å². The van der Waals surface area contributed by atoms with Gasteiger partial charge in [-0.2, -0.15) is 0 Å². The summed E-state index contributed by atoms with van der Waals surface area (Å²) in [4.78, 5) is 0.